The van der Waals surface area contributed by atoms with Gasteiger partial charge in [-0.15, -0.1) is 0 Å². The number of hydrogen-bond donors (Lipinski definition) is 1. The van der Waals surface area contributed by atoms with Crippen molar-refractivity contribution in [2.45, 2.75) is 44.9 Å². The van der Waals surface area contributed by atoms with Crippen LogP contribution in [0, 0.1) is 5.92 Å². The first-order valence-corrected chi connectivity index (χ1v) is 5.80. The highest BCUT2D eigenvalue weighted by molar-refractivity contribution is 4.89. The van der Waals surface area contributed by atoms with Crippen molar-refractivity contribution in [1.29, 1.82) is 0 Å². The van der Waals surface area contributed by atoms with Crippen LogP contribution in [0.1, 0.15) is 26.7 Å². The predicted molar refractivity (Wildman–Crippen MR) is 58.3 cm³/mol. The van der Waals surface area contributed by atoms with Crippen molar-refractivity contribution >= 4 is 0 Å². The Labute approximate surface area is 95.2 Å². The molecule has 0 aliphatic heterocycles. The summed E-state index contributed by atoms with van der Waals surface area (Å²) in [5.41, 5.74) is 0. The Morgan fingerprint density at radius 1 is 1.31 bits per heavy atom. The summed E-state index contributed by atoms with van der Waals surface area (Å²) in [6, 6.07) is 0.488. The summed E-state index contributed by atoms with van der Waals surface area (Å²) >= 11 is 0. The monoisotopic (exact) mass is 238 g/mol. The highest BCUT2D eigenvalue weighted by Gasteiger charge is 2.38. The SMILES string of the molecule is CC(C)NCC1CCC1N(C)CC(F)(F)F. The quantitative estimate of drug-likeness (QED) is 0.790. The molecule has 2 unspecified atom stereocenters. The lowest BCUT2D eigenvalue weighted by Crippen LogP contribution is -2.51. The van der Waals surface area contributed by atoms with Crippen molar-refractivity contribution in [2.75, 3.05) is 20.1 Å². The molecule has 1 N–H and O–H groups in total. The van der Waals surface area contributed by atoms with Crippen LogP contribution < -0.4 is 5.32 Å². The third-order valence-electron chi connectivity index (χ3n) is 3.16. The average Bonchev–Trinajstić information content (AvgIpc) is 1.96. The molecule has 0 saturated heterocycles. The van der Waals surface area contributed by atoms with Gasteiger partial charge in [-0.25, -0.2) is 0 Å². The molecular formula is C11H21F3N2. The first-order valence-electron chi connectivity index (χ1n) is 5.80. The van der Waals surface area contributed by atoms with Gasteiger partial charge in [0.1, 0.15) is 0 Å². The molecule has 1 rings (SSSR count). The van der Waals surface area contributed by atoms with Crippen molar-refractivity contribution in [1.82, 2.24) is 10.2 Å². The number of nitrogens with one attached hydrogen (secondary N) is 1. The minimum absolute atomic E-state index is 0.0906. The lowest BCUT2D eigenvalue weighted by Gasteiger charge is -2.43. The molecule has 96 valence electrons. The molecule has 0 aromatic rings. The van der Waals surface area contributed by atoms with E-state index in [0.717, 1.165) is 19.4 Å². The van der Waals surface area contributed by atoms with Gasteiger partial charge in [-0.05, 0) is 32.4 Å². The van der Waals surface area contributed by atoms with Crippen LogP contribution in [-0.2, 0) is 0 Å². The first-order chi connectivity index (χ1) is 7.29. The standard InChI is InChI=1S/C11H21F3N2/c1-8(2)15-6-9-4-5-10(9)16(3)7-11(12,13)14/h8-10,15H,4-7H2,1-3H3. The highest BCUT2D eigenvalue weighted by atomic mass is 19.4. The second kappa shape index (κ2) is 5.36. The first kappa shape index (κ1) is 13.8. The molecule has 1 aliphatic rings. The largest absolute Gasteiger partial charge is 0.401 e. The van der Waals surface area contributed by atoms with Crippen LogP contribution >= 0.6 is 0 Å². The molecule has 1 aliphatic carbocycles. The van der Waals surface area contributed by atoms with Gasteiger partial charge in [-0.1, -0.05) is 13.8 Å². The van der Waals surface area contributed by atoms with Crippen LogP contribution in [0.2, 0.25) is 0 Å². The Morgan fingerprint density at radius 3 is 2.31 bits per heavy atom. The highest BCUT2D eigenvalue weighted by Crippen LogP contribution is 2.32. The summed E-state index contributed by atoms with van der Waals surface area (Å²) in [5, 5.41) is 3.29. The Balaban J connectivity index is 2.31. The van der Waals surface area contributed by atoms with Crippen LogP contribution in [0.25, 0.3) is 0 Å². The van der Waals surface area contributed by atoms with E-state index in [1.165, 1.54) is 4.90 Å². The van der Waals surface area contributed by atoms with E-state index >= 15 is 0 Å². The van der Waals surface area contributed by atoms with Crippen LogP contribution in [0.5, 0.6) is 0 Å². The molecule has 1 fully saturated rings. The van der Waals surface area contributed by atoms with E-state index in [2.05, 4.69) is 5.32 Å². The summed E-state index contributed by atoms with van der Waals surface area (Å²) in [5.74, 6) is 0.370. The summed E-state index contributed by atoms with van der Waals surface area (Å²) in [7, 11) is 1.57. The lowest BCUT2D eigenvalue weighted by molar-refractivity contribution is -0.154. The maximum absolute atomic E-state index is 12.2. The van der Waals surface area contributed by atoms with E-state index in [-0.39, 0.29) is 6.04 Å². The molecular weight excluding hydrogens is 217 g/mol. The van der Waals surface area contributed by atoms with Crippen LogP contribution in [-0.4, -0.2) is 43.3 Å². The molecule has 1 saturated carbocycles. The molecule has 0 spiro atoms. The van der Waals surface area contributed by atoms with E-state index in [1.807, 2.05) is 13.8 Å². The third-order valence-corrected chi connectivity index (χ3v) is 3.16. The van der Waals surface area contributed by atoms with Crippen LogP contribution in [0.15, 0.2) is 0 Å². The number of alkyl halides is 3. The fourth-order valence-corrected chi connectivity index (χ4v) is 2.16. The van der Waals surface area contributed by atoms with Gasteiger partial charge in [0.15, 0.2) is 0 Å². The van der Waals surface area contributed by atoms with Crippen molar-refractivity contribution in [2.24, 2.45) is 5.92 Å². The van der Waals surface area contributed by atoms with Gasteiger partial charge in [-0.3, -0.25) is 4.90 Å². The van der Waals surface area contributed by atoms with E-state index in [9.17, 15) is 13.2 Å². The normalized spacial score (nSPS) is 26.2. The van der Waals surface area contributed by atoms with Crippen molar-refractivity contribution in [3.8, 4) is 0 Å². The van der Waals surface area contributed by atoms with E-state index in [0.29, 0.717) is 12.0 Å². The number of rotatable bonds is 5. The smallest absolute Gasteiger partial charge is 0.314 e. The molecule has 0 bridgehead atoms. The van der Waals surface area contributed by atoms with E-state index in [1.54, 1.807) is 7.05 Å². The molecule has 0 amide bonds. The molecule has 5 heteroatoms. The summed E-state index contributed by atoms with van der Waals surface area (Å²) in [6.07, 6.45) is -2.16. The van der Waals surface area contributed by atoms with E-state index in [4.69, 9.17) is 0 Å². The number of nitrogens with zero attached hydrogens (tertiary/aromatic N) is 1. The zero-order chi connectivity index (χ0) is 12.3. The Hall–Kier alpha value is -0.290. The molecule has 0 aromatic carbocycles. The Morgan fingerprint density at radius 2 is 1.94 bits per heavy atom. The van der Waals surface area contributed by atoms with Gasteiger partial charge in [0, 0.05) is 12.1 Å². The maximum Gasteiger partial charge on any atom is 0.401 e. The van der Waals surface area contributed by atoms with Crippen molar-refractivity contribution in [3.63, 3.8) is 0 Å². The fraction of sp³-hybridized carbons (Fsp3) is 1.00. The van der Waals surface area contributed by atoms with Gasteiger partial charge in [0.25, 0.3) is 0 Å². The second-order valence-electron chi connectivity index (χ2n) is 5.00. The van der Waals surface area contributed by atoms with Gasteiger partial charge in [0.05, 0.1) is 6.54 Å². The van der Waals surface area contributed by atoms with Crippen LogP contribution in [0.3, 0.4) is 0 Å². The van der Waals surface area contributed by atoms with Gasteiger partial charge < -0.3 is 5.32 Å². The molecule has 0 heterocycles. The van der Waals surface area contributed by atoms with Gasteiger partial charge in [-0.2, -0.15) is 13.2 Å². The zero-order valence-corrected chi connectivity index (χ0v) is 10.1. The molecule has 2 nitrogen and oxygen atoms in total. The second-order valence-corrected chi connectivity index (χ2v) is 5.00. The van der Waals surface area contributed by atoms with Crippen LogP contribution in [0.4, 0.5) is 13.2 Å². The molecule has 0 radical (unpaired) electrons. The zero-order valence-electron chi connectivity index (χ0n) is 10.1. The molecule has 2 atom stereocenters. The number of halogens is 3. The summed E-state index contributed by atoms with van der Waals surface area (Å²) in [6.45, 7) is 4.13. The third kappa shape index (κ3) is 4.29. The molecule has 16 heavy (non-hydrogen) atoms. The minimum atomic E-state index is -4.08. The van der Waals surface area contributed by atoms with Crippen molar-refractivity contribution < 1.29 is 13.2 Å². The fourth-order valence-electron chi connectivity index (χ4n) is 2.16. The maximum atomic E-state index is 12.2. The lowest BCUT2D eigenvalue weighted by atomic mass is 9.78. The number of hydrogen-bond acceptors (Lipinski definition) is 2. The van der Waals surface area contributed by atoms with Gasteiger partial charge in [0.2, 0.25) is 0 Å². The molecule has 0 aromatic heterocycles. The average molecular weight is 238 g/mol. The Kier molecular flexibility index (Phi) is 4.62. The predicted octanol–water partition coefficient (Wildman–Crippen LogP) is 2.26. The topological polar surface area (TPSA) is 15.3 Å². The Bertz CT molecular complexity index is 216. The van der Waals surface area contributed by atoms with Gasteiger partial charge >= 0.3 is 6.18 Å². The van der Waals surface area contributed by atoms with Crippen molar-refractivity contribution in [3.05, 3.63) is 0 Å². The van der Waals surface area contributed by atoms with E-state index < -0.39 is 12.7 Å². The summed E-state index contributed by atoms with van der Waals surface area (Å²) < 4.78 is 36.6. The summed E-state index contributed by atoms with van der Waals surface area (Å²) in [4.78, 5) is 1.44. The minimum Gasteiger partial charge on any atom is -0.314 e.